The Kier molecular flexibility index (Phi) is 4.99. The fourth-order valence-electron chi connectivity index (χ4n) is 3.57. The number of fused-ring (bicyclic) bond motifs is 1. The van der Waals surface area contributed by atoms with E-state index in [9.17, 15) is 12.8 Å². The van der Waals surface area contributed by atoms with Crippen molar-refractivity contribution in [2.45, 2.75) is 11.3 Å². The summed E-state index contributed by atoms with van der Waals surface area (Å²) in [6.07, 6.45) is 2.98. The number of hydrogen-bond acceptors (Lipinski definition) is 3. The number of sulfonamides is 1. The van der Waals surface area contributed by atoms with Crippen molar-refractivity contribution in [2.75, 3.05) is 32.7 Å². The molecule has 0 saturated carbocycles. The summed E-state index contributed by atoms with van der Waals surface area (Å²) in [7, 11) is -3.55. The van der Waals surface area contributed by atoms with E-state index in [0.717, 1.165) is 18.5 Å². The first kappa shape index (κ1) is 18.2. The maximum Gasteiger partial charge on any atom is 0.243 e. The van der Waals surface area contributed by atoms with Crippen molar-refractivity contribution in [3.05, 3.63) is 66.1 Å². The largest absolute Gasteiger partial charge is 0.361 e. The third kappa shape index (κ3) is 3.76. The van der Waals surface area contributed by atoms with E-state index in [-0.39, 0.29) is 4.90 Å². The molecule has 1 aliphatic heterocycles. The van der Waals surface area contributed by atoms with Crippen LogP contribution in [-0.2, 0) is 16.4 Å². The van der Waals surface area contributed by atoms with Gasteiger partial charge in [-0.25, -0.2) is 12.8 Å². The first-order chi connectivity index (χ1) is 13.0. The zero-order chi connectivity index (χ0) is 18.9. The van der Waals surface area contributed by atoms with Crippen LogP contribution in [0.25, 0.3) is 10.9 Å². The Morgan fingerprint density at radius 3 is 2.41 bits per heavy atom. The molecular formula is C20H22FN3O2S. The summed E-state index contributed by atoms with van der Waals surface area (Å²) in [6, 6.07) is 13.3. The van der Waals surface area contributed by atoms with E-state index < -0.39 is 15.8 Å². The van der Waals surface area contributed by atoms with Crippen molar-refractivity contribution >= 4 is 20.9 Å². The second kappa shape index (κ2) is 7.42. The maximum absolute atomic E-state index is 13.0. The Morgan fingerprint density at radius 2 is 1.67 bits per heavy atom. The van der Waals surface area contributed by atoms with Gasteiger partial charge in [-0.15, -0.1) is 0 Å². The third-order valence-electron chi connectivity index (χ3n) is 5.15. The second-order valence-electron chi connectivity index (χ2n) is 6.81. The van der Waals surface area contributed by atoms with Gasteiger partial charge in [-0.3, -0.25) is 0 Å². The number of aromatic amines is 1. The molecule has 142 valence electrons. The van der Waals surface area contributed by atoms with Crippen LogP contribution in [0.3, 0.4) is 0 Å². The van der Waals surface area contributed by atoms with Gasteiger partial charge in [-0.2, -0.15) is 4.31 Å². The first-order valence-electron chi connectivity index (χ1n) is 9.07. The van der Waals surface area contributed by atoms with Crippen molar-refractivity contribution in [1.29, 1.82) is 0 Å². The van der Waals surface area contributed by atoms with Gasteiger partial charge in [0.05, 0.1) is 4.90 Å². The first-order valence-corrected chi connectivity index (χ1v) is 10.5. The lowest BCUT2D eigenvalue weighted by atomic mass is 10.1. The van der Waals surface area contributed by atoms with Gasteiger partial charge in [0.1, 0.15) is 5.82 Å². The van der Waals surface area contributed by atoms with Crippen LogP contribution in [0.1, 0.15) is 5.56 Å². The molecule has 3 aromatic rings. The van der Waals surface area contributed by atoms with Crippen LogP contribution in [0, 0.1) is 5.82 Å². The third-order valence-corrected chi connectivity index (χ3v) is 7.07. The standard InChI is InChI=1S/C20H22FN3O2S/c21-17-5-7-18(8-6-17)27(25,26)24-13-11-23(12-14-24)10-9-16-15-22-20-4-2-1-3-19(16)20/h1-8,15,22H,9-14H2. The number of nitrogens with one attached hydrogen (secondary N) is 1. The van der Waals surface area contributed by atoms with Gasteiger partial charge >= 0.3 is 0 Å². The van der Waals surface area contributed by atoms with Crippen LogP contribution >= 0.6 is 0 Å². The Morgan fingerprint density at radius 1 is 0.963 bits per heavy atom. The lowest BCUT2D eigenvalue weighted by molar-refractivity contribution is 0.190. The van der Waals surface area contributed by atoms with E-state index in [4.69, 9.17) is 0 Å². The number of hydrogen-bond donors (Lipinski definition) is 1. The normalized spacial score (nSPS) is 16.8. The lowest BCUT2D eigenvalue weighted by Crippen LogP contribution is -2.48. The summed E-state index contributed by atoms with van der Waals surface area (Å²) in [5.41, 5.74) is 2.43. The van der Waals surface area contributed by atoms with Crippen LogP contribution in [0.2, 0.25) is 0 Å². The number of para-hydroxylation sites is 1. The van der Waals surface area contributed by atoms with Crippen LogP contribution in [0.15, 0.2) is 59.6 Å². The molecular weight excluding hydrogens is 365 g/mol. The van der Waals surface area contributed by atoms with Gasteiger partial charge < -0.3 is 9.88 Å². The molecule has 27 heavy (non-hydrogen) atoms. The fourth-order valence-corrected chi connectivity index (χ4v) is 4.99. The number of aromatic nitrogens is 1. The average molecular weight is 387 g/mol. The molecule has 1 saturated heterocycles. The van der Waals surface area contributed by atoms with Crippen molar-refractivity contribution < 1.29 is 12.8 Å². The number of piperazine rings is 1. The highest BCUT2D eigenvalue weighted by Crippen LogP contribution is 2.20. The molecule has 1 fully saturated rings. The topological polar surface area (TPSA) is 56.4 Å². The summed E-state index contributed by atoms with van der Waals surface area (Å²) >= 11 is 0. The number of H-pyrrole nitrogens is 1. The molecule has 2 aromatic carbocycles. The summed E-state index contributed by atoms with van der Waals surface area (Å²) < 4.78 is 39.9. The minimum atomic E-state index is -3.55. The molecule has 0 atom stereocenters. The highest BCUT2D eigenvalue weighted by Gasteiger charge is 2.28. The van der Waals surface area contributed by atoms with Crippen LogP contribution < -0.4 is 0 Å². The number of rotatable bonds is 5. The van der Waals surface area contributed by atoms with Gasteiger partial charge in [0.15, 0.2) is 0 Å². The molecule has 1 aliphatic rings. The Hall–Kier alpha value is -2.22. The van der Waals surface area contributed by atoms with E-state index in [1.807, 2.05) is 12.1 Å². The van der Waals surface area contributed by atoms with E-state index in [1.54, 1.807) is 0 Å². The minimum Gasteiger partial charge on any atom is -0.361 e. The molecule has 5 nitrogen and oxygen atoms in total. The van der Waals surface area contributed by atoms with Crippen molar-refractivity contribution in [3.63, 3.8) is 0 Å². The zero-order valence-electron chi connectivity index (χ0n) is 14.9. The molecule has 1 aromatic heterocycles. The zero-order valence-corrected chi connectivity index (χ0v) is 15.8. The van der Waals surface area contributed by atoms with Gasteiger partial charge in [0.25, 0.3) is 0 Å². The van der Waals surface area contributed by atoms with Crippen LogP contribution in [0.4, 0.5) is 4.39 Å². The molecule has 0 unspecified atom stereocenters. The fraction of sp³-hybridized carbons (Fsp3) is 0.300. The Labute approximate surface area is 158 Å². The van der Waals surface area contributed by atoms with Crippen LogP contribution in [-0.4, -0.2) is 55.3 Å². The maximum atomic E-state index is 13.0. The molecule has 0 radical (unpaired) electrons. The average Bonchev–Trinajstić information content (AvgIpc) is 3.10. The van der Waals surface area contributed by atoms with E-state index in [1.165, 1.54) is 39.5 Å². The number of nitrogens with zero attached hydrogens (tertiary/aromatic N) is 2. The Bertz CT molecular complexity index is 1020. The summed E-state index contributed by atoms with van der Waals surface area (Å²) in [5, 5.41) is 1.25. The molecule has 7 heteroatoms. The molecule has 0 spiro atoms. The summed E-state index contributed by atoms with van der Waals surface area (Å²) in [4.78, 5) is 5.73. The summed E-state index contributed by atoms with van der Waals surface area (Å²) in [5.74, 6) is -0.434. The molecule has 0 amide bonds. The quantitative estimate of drug-likeness (QED) is 0.732. The van der Waals surface area contributed by atoms with Crippen molar-refractivity contribution in [2.24, 2.45) is 0 Å². The van der Waals surface area contributed by atoms with Crippen molar-refractivity contribution in [1.82, 2.24) is 14.2 Å². The van der Waals surface area contributed by atoms with Gasteiger partial charge in [0.2, 0.25) is 10.0 Å². The smallest absolute Gasteiger partial charge is 0.243 e. The predicted octanol–water partition coefficient (Wildman–Crippen LogP) is 2.86. The van der Waals surface area contributed by atoms with E-state index in [2.05, 4.69) is 28.2 Å². The van der Waals surface area contributed by atoms with Crippen LogP contribution in [0.5, 0.6) is 0 Å². The minimum absolute atomic E-state index is 0.149. The van der Waals surface area contributed by atoms with Crippen molar-refractivity contribution in [3.8, 4) is 0 Å². The van der Waals surface area contributed by atoms with Gasteiger partial charge in [-0.05, 0) is 42.3 Å². The molecule has 0 bridgehead atoms. The van der Waals surface area contributed by atoms with E-state index >= 15 is 0 Å². The monoisotopic (exact) mass is 387 g/mol. The molecule has 2 heterocycles. The number of benzene rings is 2. The molecule has 0 aliphatic carbocycles. The molecule has 1 N–H and O–H groups in total. The Balaban J connectivity index is 1.35. The second-order valence-corrected chi connectivity index (χ2v) is 8.75. The SMILES string of the molecule is O=S(=O)(c1ccc(F)cc1)N1CCN(CCc2c[nH]c3ccccc23)CC1. The van der Waals surface area contributed by atoms with Gasteiger partial charge in [-0.1, -0.05) is 18.2 Å². The predicted molar refractivity (Wildman–Crippen MR) is 104 cm³/mol. The van der Waals surface area contributed by atoms with Gasteiger partial charge in [0, 0.05) is 49.8 Å². The lowest BCUT2D eigenvalue weighted by Gasteiger charge is -2.34. The van der Waals surface area contributed by atoms with E-state index in [0.29, 0.717) is 26.2 Å². The summed E-state index contributed by atoms with van der Waals surface area (Å²) in [6.45, 7) is 3.19. The highest BCUT2D eigenvalue weighted by molar-refractivity contribution is 7.89. The highest BCUT2D eigenvalue weighted by atomic mass is 32.2. The number of halogens is 1. The molecule has 4 rings (SSSR count).